The highest BCUT2D eigenvalue weighted by atomic mass is 16.4. The lowest BCUT2D eigenvalue weighted by Gasteiger charge is -2.15. The van der Waals surface area contributed by atoms with Gasteiger partial charge in [-0.3, -0.25) is 9.78 Å². The Morgan fingerprint density at radius 3 is 2.86 bits per heavy atom. The summed E-state index contributed by atoms with van der Waals surface area (Å²) < 4.78 is 5.05. The van der Waals surface area contributed by atoms with Crippen molar-refractivity contribution in [3.05, 3.63) is 69.7 Å². The zero-order valence-electron chi connectivity index (χ0n) is 11.1. The molecule has 0 radical (unpaired) electrons. The van der Waals surface area contributed by atoms with E-state index in [1.807, 2.05) is 30.3 Å². The van der Waals surface area contributed by atoms with Crippen LogP contribution in [0.3, 0.4) is 0 Å². The summed E-state index contributed by atoms with van der Waals surface area (Å²) >= 11 is 0. The third kappa shape index (κ3) is 1.94. The van der Waals surface area contributed by atoms with Crippen molar-refractivity contribution in [1.29, 1.82) is 0 Å². The summed E-state index contributed by atoms with van der Waals surface area (Å²) in [5.74, 6) is -0.423. The summed E-state index contributed by atoms with van der Waals surface area (Å²) in [4.78, 5) is 27.9. The number of hydrogen-bond donors (Lipinski definition) is 1. The van der Waals surface area contributed by atoms with Crippen LogP contribution in [0.25, 0.3) is 11.1 Å². The van der Waals surface area contributed by atoms with Crippen LogP contribution in [0.4, 0.5) is 0 Å². The maximum atomic E-state index is 12.3. The second-order valence-electron chi connectivity index (χ2n) is 5.16. The predicted octanol–water partition coefficient (Wildman–Crippen LogP) is 2.28. The van der Waals surface area contributed by atoms with Gasteiger partial charge in [0.25, 0.3) is 5.91 Å². The Labute approximate surface area is 119 Å². The molecule has 5 nitrogen and oxygen atoms in total. The molecule has 0 fully saturated rings. The topological polar surface area (TPSA) is 66.3 Å². The zero-order valence-corrected chi connectivity index (χ0v) is 11.1. The van der Waals surface area contributed by atoms with Gasteiger partial charge in [-0.05, 0) is 29.3 Å². The van der Waals surface area contributed by atoms with E-state index in [0.717, 1.165) is 16.7 Å². The Morgan fingerprint density at radius 2 is 2.00 bits per heavy atom. The molecule has 3 aromatic rings. The van der Waals surface area contributed by atoms with Crippen LogP contribution in [0.2, 0.25) is 0 Å². The van der Waals surface area contributed by atoms with Crippen molar-refractivity contribution in [2.45, 2.75) is 13.1 Å². The molecule has 1 N–H and O–H groups in total. The standard InChI is InChI=1S/C16H12N2O3/c19-15-12-4-2-1-3-11(12)9-18(15)8-10-5-6-13-14(7-10)21-16(20)17-13/h1-7H,8-9H2,(H,17,20). The van der Waals surface area contributed by atoms with Gasteiger partial charge in [0.1, 0.15) is 0 Å². The third-order valence-electron chi connectivity index (χ3n) is 3.76. The first-order valence-electron chi connectivity index (χ1n) is 6.70. The van der Waals surface area contributed by atoms with Crippen molar-refractivity contribution in [2.75, 3.05) is 0 Å². The van der Waals surface area contributed by atoms with E-state index in [1.54, 1.807) is 17.0 Å². The van der Waals surface area contributed by atoms with Gasteiger partial charge < -0.3 is 9.32 Å². The van der Waals surface area contributed by atoms with Crippen molar-refractivity contribution >= 4 is 17.0 Å². The number of nitrogens with one attached hydrogen (secondary N) is 1. The minimum absolute atomic E-state index is 0.0428. The van der Waals surface area contributed by atoms with Crippen LogP contribution in [0.1, 0.15) is 21.5 Å². The average Bonchev–Trinajstić information content (AvgIpc) is 2.99. The second-order valence-corrected chi connectivity index (χ2v) is 5.16. The van der Waals surface area contributed by atoms with Crippen molar-refractivity contribution in [3.63, 3.8) is 0 Å². The fourth-order valence-corrected chi connectivity index (χ4v) is 2.75. The lowest BCUT2D eigenvalue weighted by Crippen LogP contribution is -2.23. The summed E-state index contributed by atoms with van der Waals surface area (Å²) in [5.41, 5.74) is 3.94. The zero-order chi connectivity index (χ0) is 14.4. The molecular formula is C16H12N2O3. The molecule has 0 aliphatic carbocycles. The smallest absolute Gasteiger partial charge is 0.408 e. The number of oxazole rings is 1. The predicted molar refractivity (Wildman–Crippen MR) is 76.9 cm³/mol. The first-order valence-corrected chi connectivity index (χ1v) is 6.70. The molecule has 0 atom stereocenters. The summed E-state index contributed by atoms with van der Waals surface area (Å²) in [6.45, 7) is 1.11. The Balaban J connectivity index is 1.64. The van der Waals surface area contributed by atoms with Gasteiger partial charge in [0.2, 0.25) is 0 Å². The van der Waals surface area contributed by atoms with E-state index in [4.69, 9.17) is 4.42 Å². The molecule has 21 heavy (non-hydrogen) atoms. The average molecular weight is 280 g/mol. The van der Waals surface area contributed by atoms with E-state index < -0.39 is 5.76 Å². The molecule has 1 amide bonds. The van der Waals surface area contributed by atoms with Gasteiger partial charge in [0.05, 0.1) is 5.52 Å². The van der Waals surface area contributed by atoms with E-state index in [9.17, 15) is 9.59 Å². The number of carbonyl (C=O) groups excluding carboxylic acids is 1. The van der Waals surface area contributed by atoms with E-state index in [1.165, 1.54) is 0 Å². The monoisotopic (exact) mass is 280 g/mol. The van der Waals surface area contributed by atoms with Crippen LogP contribution in [0.5, 0.6) is 0 Å². The molecule has 0 saturated carbocycles. The summed E-state index contributed by atoms with van der Waals surface area (Å²) in [6.07, 6.45) is 0. The minimum atomic E-state index is -0.466. The number of rotatable bonds is 2. The molecule has 1 aliphatic rings. The molecule has 2 heterocycles. The van der Waals surface area contributed by atoms with Crippen molar-refractivity contribution in [2.24, 2.45) is 0 Å². The molecule has 2 aromatic carbocycles. The van der Waals surface area contributed by atoms with E-state index >= 15 is 0 Å². The Morgan fingerprint density at radius 1 is 1.14 bits per heavy atom. The number of amides is 1. The highest BCUT2D eigenvalue weighted by Crippen LogP contribution is 2.24. The van der Waals surface area contributed by atoms with Gasteiger partial charge in [0.15, 0.2) is 5.58 Å². The summed E-state index contributed by atoms with van der Waals surface area (Å²) in [7, 11) is 0. The van der Waals surface area contributed by atoms with Gasteiger partial charge in [-0.25, -0.2) is 4.79 Å². The van der Waals surface area contributed by atoms with Crippen LogP contribution >= 0.6 is 0 Å². The van der Waals surface area contributed by atoms with Crippen molar-refractivity contribution < 1.29 is 9.21 Å². The van der Waals surface area contributed by atoms with Crippen LogP contribution in [-0.2, 0) is 13.1 Å². The number of aromatic nitrogens is 1. The molecule has 0 spiro atoms. The first kappa shape index (κ1) is 12.0. The highest BCUT2D eigenvalue weighted by Gasteiger charge is 2.26. The molecule has 0 bridgehead atoms. The number of H-pyrrole nitrogens is 1. The number of aromatic amines is 1. The number of benzene rings is 2. The van der Waals surface area contributed by atoms with Crippen molar-refractivity contribution in [1.82, 2.24) is 9.88 Å². The molecule has 5 heteroatoms. The second kappa shape index (κ2) is 4.34. The highest BCUT2D eigenvalue weighted by molar-refractivity contribution is 5.98. The lowest BCUT2D eigenvalue weighted by molar-refractivity contribution is 0.0766. The fourth-order valence-electron chi connectivity index (χ4n) is 2.75. The Bertz CT molecular complexity index is 907. The van der Waals surface area contributed by atoms with Crippen molar-refractivity contribution in [3.8, 4) is 0 Å². The number of nitrogens with zero attached hydrogens (tertiary/aromatic N) is 1. The van der Waals surface area contributed by atoms with Gasteiger partial charge in [0, 0.05) is 18.7 Å². The molecule has 0 unspecified atom stereocenters. The quantitative estimate of drug-likeness (QED) is 0.783. The van der Waals surface area contributed by atoms with Gasteiger partial charge in [-0.2, -0.15) is 0 Å². The number of fused-ring (bicyclic) bond motifs is 2. The molecular weight excluding hydrogens is 268 g/mol. The van der Waals surface area contributed by atoms with E-state index in [2.05, 4.69) is 4.98 Å². The number of hydrogen-bond acceptors (Lipinski definition) is 3. The summed E-state index contributed by atoms with van der Waals surface area (Å²) in [5, 5.41) is 0. The van der Waals surface area contributed by atoms with Crippen LogP contribution in [0, 0.1) is 0 Å². The Hall–Kier alpha value is -2.82. The van der Waals surface area contributed by atoms with Crippen LogP contribution in [-0.4, -0.2) is 15.8 Å². The van der Waals surface area contributed by atoms with Gasteiger partial charge in [-0.15, -0.1) is 0 Å². The molecule has 1 aromatic heterocycles. The van der Waals surface area contributed by atoms with Gasteiger partial charge in [-0.1, -0.05) is 24.3 Å². The van der Waals surface area contributed by atoms with E-state index in [-0.39, 0.29) is 5.91 Å². The molecule has 104 valence electrons. The maximum Gasteiger partial charge on any atom is 0.417 e. The Kier molecular flexibility index (Phi) is 2.47. The molecule has 0 saturated heterocycles. The normalized spacial score (nSPS) is 13.9. The van der Waals surface area contributed by atoms with Crippen LogP contribution < -0.4 is 5.76 Å². The fraction of sp³-hybridized carbons (Fsp3) is 0.125. The molecule has 4 rings (SSSR count). The third-order valence-corrected chi connectivity index (χ3v) is 3.76. The largest absolute Gasteiger partial charge is 0.417 e. The summed E-state index contributed by atoms with van der Waals surface area (Å²) in [6, 6.07) is 13.1. The van der Waals surface area contributed by atoms with Crippen LogP contribution in [0.15, 0.2) is 51.7 Å². The van der Waals surface area contributed by atoms with Gasteiger partial charge >= 0.3 is 5.76 Å². The van der Waals surface area contributed by atoms with E-state index in [0.29, 0.717) is 24.2 Å². The SMILES string of the molecule is O=C1c2ccccc2CN1Cc1ccc2[nH]c(=O)oc2c1. The lowest BCUT2D eigenvalue weighted by atomic mass is 10.1. The molecule has 1 aliphatic heterocycles. The minimum Gasteiger partial charge on any atom is -0.408 e. The number of carbonyl (C=O) groups is 1. The maximum absolute atomic E-state index is 12.3. The first-order chi connectivity index (χ1) is 10.2.